The maximum Gasteiger partial charge on any atom is 0.320 e. The van der Waals surface area contributed by atoms with Crippen molar-refractivity contribution in [3.63, 3.8) is 0 Å². The topological polar surface area (TPSA) is 104 Å². The number of carbonyl (C=O) groups is 2. The van der Waals surface area contributed by atoms with Gasteiger partial charge in [-0.15, -0.1) is 5.10 Å². The van der Waals surface area contributed by atoms with Gasteiger partial charge in [-0.1, -0.05) is 17.2 Å². The van der Waals surface area contributed by atoms with Gasteiger partial charge in [0.2, 0.25) is 5.91 Å². The molecule has 0 atom stereocenters. The van der Waals surface area contributed by atoms with E-state index in [0.717, 1.165) is 24.3 Å². The Morgan fingerprint density at radius 3 is 2.50 bits per heavy atom. The number of nitrogens with one attached hydrogen (secondary N) is 2. The molecule has 2 aromatic carbocycles. The van der Waals surface area contributed by atoms with E-state index in [1.54, 1.807) is 25.1 Å². The van der Waals surface area contributed by atoms with Crippen LogP contribution in [-0.4, -0.2) is 53.1 Å². The van der Waals surface area contributed by atoms with Gasteiger partial charge >= 0.3 is 17.8 Å². The normalized spacial score (nSPS) is 13.7. The Labute approximate surface area is 184 Å². The number of nitrogens with zero attached hydrogens (tertiary/aromatic N) is 4. The average molecular weight is 438 g/mol. The molecule has 32 heavy (non-hydrogen) atoms. The first-order chi connectivity index (χ1) is 15.4. The molecule has 3 aromatic rings. The van der Waals surface area contributed by atoms with Gasteiger partial charge in [0.15, 0.2) is 0 Å². The highest BCUT2D eigenvalue weighted by Gasteiger charge is 2.21. The third-order valence-electron chi connectivity index (χ3n) is 5.26. The Morgan fingerprint density at radius 1 is 1.06 bits per heavy atom. The number of amides is 2. The quantitative estimate of drug-likeness (QED) is 0.631. The molecule has 0 saturated carbocycles. The van der Waals surface area contributed by atoms with Gasteiger partial charge in [0.05, 0.1) is 5.69 Å². The van der Waals surface area contributed by atoms with E-state index >= 15 is 0 Å². The molecular formula is C22H23FN6O3. The van der Waals surface area contributed by atoms with E-state index < -0.39 is 11.7 Å². The molecule has 0 unspecified atom stereocenters. The lowest BCUT2D eigenvalue weighted by Gasteiger charge is -2.36. The van der Waals surface area contributed by atoms with Crippen LogP contribution in [0.3, 0.4) is 0 Å². The summed E-state index contributed by atoms with van der Waals surface area (Å²) in [6, 6.07) is 11.5. The number of halogens is 1. The SMILES string of the molecule is CC(=O)N1CCN(c2ccc(NC(=O)c3nnc(Nc4ccccc4F)o3)cc2C)CC1. The maximum absolute atomic E-state index is 13.7. The van der Waals surface area contributed by atoms with Crippen LogP contribution in [0.25, 0.3) is 0 Å². The van der Waals surface area contributed by atoms with Crippen LogP contribution < -0.4 is 15.5 Å². The summed E-state index contributed by atoms with van der Waals surface area (Å²) >= 11 is 0. The summed E-state index contributed by atoms with van der Waals surface area (Å²) < 4.78 is 19.0. The minimum Gasteiger partial charge on any atom is -0.399 e. The molecular weight excluding hydrogens is 415 g/mol. The molecule has 2 amide bonds. The summed E-state index contributed by atoms with van der Waals surface area (Å²) in [5, 5.41) is 12.8. The molecule has 1 aromatic heterocycles. The summed E-state index contributed by atoms with van der Waals surface area (Å²) in [5.74, 6) is -1.20. The highest BCUT2D eigenvalue weighted by molar-refractivity contribution is 6.01. The van der Waals surface area contributed by atoms with Gasteiger partial charge in [0.1, 0.15) is 5.82 Å². The number of rotatable bonds is 5. The molecule has 0 radical (unpaired) electrons. The molecule has 0 spiro atoms. The number of benzene rings is 2. The lowest BCUT2D eigenvalue weighted by molar-refractivity contribution is -0.129. The van der Waals surface area contributed by atoms with E-state index in [1.807, 2.05) is 24.0 Å². The smallest absolute Gasteiger partial charge is 0.320 e. The highest BCUT2D eigenvalue weighted by atomic mass is 19.1. The van der Waals surface area contributed by atoms with E-state index in [0.29, 0.717) is 18.8 Å². The number of piperazine rings is 1. The van der Waals surface area contributed by atoms with Gasteiger partial charge in [-0.05, 0) is 42.8 Å². The standard InChI is InChI=1S/C22H23FN6O3/c1-14-13-16(7-8-19(14)29-11-9-28(10-12-29)15(2)30)24-20(31)21-26-27-22(32-21)25-18-6-4-3-5-17(18)23/h3-8,13H,9-12H2,1-2H3,(H,24,31)(H,25,27). The van der Waals surface area contributed by atoms with Crippen molar-refractivity contribution >= 4 is 34.9 Å². The fourth-order valence-corrected chi connectivity index (χ4v) is 3.58. The van der Waals surface area contributed by atoms with E-state index in [-0.39, 0.29) is 23.5 Å². The average Bonchev–Trinajstić information content (AvgIpc) is 3.24. The molecule has 4 rings (SSSR count). The molecule has 9 nitrogen and oxygen atoms in total. The van der Waals surface area contributed by atoms with Crippen molar-refractivity contribution in [1.82, 2.24) is 15.1 Å². The maximum atomic E-state index is 13.7. The van der Waals surface area contributed by atoms with Crippen LogP contribution in [0.4, 0.5) is 27.5 Å². The van der Waals surface area contributed by atoms with Crippen LogP contribution in [0.2, 0.25) is 0 Å². The van der Waals surface area contributed by atoms with Crippen LogP contribution in [0, 0.1) is 12.7 Å². The molecule has 0 bridgehead atoms. The van der Waals surface area contributed by atoms with E-state index in [9.17, 15) is 14.0 Å². The van der Waals surface area contributed by atoms with Crippen molar-refractivity contribution < 1.29 is 18.4 Å². The van der Waals surface area contributed by atoms with Crippen LogP contribution in [-0.2, 0) is 4.79 Å². The molecule has 2 N–H and O–H groups in total. The second kappa shape index (κ2) is 9.04. The van der Waals surface area contributed by atoms with E-state index in [1.165, 1.54) is 12.1 Å². The molecule has 1 aliphatic rings. The summed E-state index contributed by atoms with van der Waals surface area (Å²) in [6.45, 7) is 6.44. The number of hydrogen-bond acceptors (Lipinski definition) is 7. The largest absolute Gasteiger partial charge is 0.399 e. The summed E-state index contributed by atoms with van der Waals surface area (Å²) in [7, 11) is 0. The number of aromatic nitrogens is 2. The second-order valence-electron chi connectivity index (χ2n) is 7.47. The number of aryl methyl sites for hydroxylation is 1. The van der Waals surface area contributed by atoms with Crippen LogP contribution in [0.1, 0.15) is 23.2 Å². The summed E-state index contributed by atoms with van der Waals surface area (Å²) in [4.78, 5) is 28.1. The molecule has 166 valence electrons. The lowest BCUT2D eigenvalue weighted by Crippen LogP contribution is -2.48. The minimum absolute atomic E-state index is 0.0866. The Morgan fingerprint density at radius 2 is 1.81 bits per heavy atom. The van der Waals surface area contributed by atoms with Crippen molar-refractivity contribution in [2.45, 2.75) is 13.8 Å². The van der Waals surface area contributed by atoms with Gasteiger partial charge in [-0.2, -0.15) is 0 Å². The van der Waals surface area contributed by atoms with Crippen molar-refractivity contribution in [2.75, 3.05) is 41.7 Å². The number of carbonyl (C=O) groups excluding carboxylic acids is 2. The fraction of sp³-hybridized carbons (Fsp3) is 0.273. The third kappa shape index (κ3) is 4.69. The molecule has 1 aliphatic heterocycles. The molecule has 1 fully saturated rings. The van der Waals surface area contributed by atoms with Gasteiger partial charge in [0.25, 0.3) is 0 Å². The van der Waals surface area contributed by atoms with Crippen molar-refractivity contribution in [1.29, 1.82) is 0 Å². The van der Waals surface area contributed by atoms with Crippen molar-refractivity contribution in [3.05, 3.63) is 59.7 Å². The first-order valence-electron chi connectivity index (χ1n) is 10.2. The zero-order valence-electron chi connectivity index (χ0n) is 17.8. The number of anilines is 4. The van der Waals surface area contributed by atoms with Gasteiger partial charge in [0, 0.05) is 44.5 Å². The Balaban J connectivity index is 1.39. The second-order valence-corrected chi connectivity index (χ2v) is 7.47. The van der Waals surface area contributed by atoms with Crippen molar-refractivity contribution in [2.24, 2.45) is 0 Å². The first kappa shape index (κ1) is 21.3. The van der Waals surface area contributed by atoms with Gasteiger partial charge in [-0.25, -0.2) is 4.39 Å². The van der Waals surface area contributed by atoms with Crippen LogP contribution in [0.15, 0.2) is 46.9 Å². The monoisotopic (exact) mass is 438 g/mol. The molecule has 1 saturated heterocycles. The predicted octanol–water partition coefficient (Wildman–Crippen LogP) is 3.18. The van der Waals surface area contributed by atoms with Crippen LogP contribution >= 0.6 is 0 Å². The molecule has 2 heterocycles. The summed E-state index contributed by atoms with van der Waals surface area (Å²) in [6.07, 6.45) is 0. The molecule has 10 heteroatoms. The zero-order valence-corrected chi connectivity index (χ0v) is 17.8. The Hall–Kier alpha value is -3.95. The van der Waals surface area contributed by atoms with Crippen molar-refractivity contribution in [3.8, 4) is 0 Å². The Bertz CT molecular complexity index is 1140. The minimum atomic E-state index is -0.568. The Kier molecular flexibility index (Phi) is 6.02. The highest BCUT2D eigenvalue weighted by Crippen LogP contribution is 2.25. The van der Waals surface area contributed by atoms with Gasteiger partial charge < -0.3 is 24.9 Å². The van der Waals surface area contributed by atoms with Gasteiger partial charge in [-0.3, -0.25) is 9.59 Å². The van der Waals surface area contributed by atoms with E-state index in [4.69, 9.17) is 4.42 Å². The third-order valence-corrected chi connectivity index (χ3v) is 5.26. The number of para-hydroxylation sites is 1. The lowest BCUT2D eigenvalue weighted by atomic mass is 10.1. The van der Waals surface area contributed by atoms with Crippen LogP contribution in [0.5, 0.6) is 0 Å². The first-order valence-corrected chi connectivity index (χ1v) is 10.2. The summed E-state index contributed by atoms with van der Waals surface area (Å²) in [5.41, 5.74) is 2.80. The predicted molar refractivity (Wildman–Crippen MR) is 118 cm³/mol. The zero-order chi connectivity index (χ0) is 22.7. The molecule has 0 aliphatic carbocycles. The van der Waals surface area contributed by atoms with E-state index in [2.05, 4.69) is 25.7 Å². The number of hydrogen-bond donors (Lipinski definition) is 2. The fourth-order valence-electron chi connectivity index (χ4n) is 3.58.